The average molecular weight is 399 g/mol. The molecule has 0 aliphatic carbocycles. The Balaban J connectivity index is 0.00000136. The fourth-order valence-electron chi connectivity index (χ4n) is 2.85. The first kappa shape index (κ1) is 21.9. The fraction of sp³-hybridized carbons (Fsp3) is 0.318. The minimum Gasteiger partial charge on any atom is -0.464 e. The monoisotopic (exact) mass is 398 g/mol. The van der Waals surface area contributed by atoms with Crippen LogP contribution in [0.3, 0.4) is 0 Å². The van der Waals surface area contributed by atoms with E-state index in [9.17, 15) is 4.79 Å². The summed E-state index contributed by atoms with van der Waals surface area (Å²) < 4.78 is 4.78. The quantitative estimate of drug-likeness (QED) is 0.505. The second kappa shape index (κ2) is 10.2. The third-order valence-corrected chi connectivity index (χ3v) is 5.04. The average Bonchev–Trinajstić information content (AvgIpc) is 2.74. The van der Waals surface area contributed by atoms with Crippen molar-refractivity contribution in [1.82, 2.24) is 9.97 Å². The van der Waals surface area contributed by atoms with Crippen LogP contribution in [0.25, 0.3) is 10.9 Å². The van der Waals surface area contributed by atoms with Crippen molar-refractivity contribution in [2.24, 2.45) is 0 Å². The van der Waals surface area contributed by atoms with Gasteiger partial charge in [-0.25, -0.2) is 9.78 Å². The van der Waals surface area contributed by atoms with Gasteiger partial charge < -0.3 is 9.84 Å². The Bertz CT molecular complexity index is 940. The van der Waals surface area contributed by atoms with Crippen LogP contribution in [0.5, 0.6) is 0 Å². The van der Waals surface area contributed by atoms with E-state index in [1.54, 1.807) is 6.07 Å². The van der Waals surface area contributed by atoms with Crippen molar-refractivity contribution in [3.8, 4) is 0 Å². The zero-order valence-electron chi connectivity index (χ0n) is 16.9. The topological polar surface area (TPSA) is 72.3 Å². The first-order chi connectivity index (χ1) is 13.5. The van der Waals surface area contributed by atoms with E-state index in [1.807, 2.05) is 12.5 Å². The SMILES string of the molecule is CO.COC(=O)c1cc2ncc(Cc3ccc(C(C)C)cc3)cc2c(SC)n1. The lowest BCUT2D eigenvalue weighted by atomic mass is 9.99. The molecule has 6 heteroatoms. The number of aromatic nitrogens is 2. The second-order valence-electron chi connectivity index (χ2n) is 6.49. The fourth-order valence-corrected chi connectivity index (χ4v) is 3.43. The standard InChI is InChI=1S/C21H22N2O2S.CH4O/c1-13(2)16-7-5-14(6-8-16)9-15-10-17-18(22-12-15)11-19(21(24)25-3)23-20(17)26-4;1-2/h5-8,10-13H,9H2,1-4H3;2H,1H3. The number of hydrogen-bond donors (Lipinski definition) is 1. The number of esters is 1. The number of rotatable bonds is 5. The molecule has 0 spiro atoms. The third kappa shape index (κ3) is 5.09. The van der Waals surface area contributed by atoms with Crippen LogP contribution in [0.2, 0.25) is 0 Å². The highest BCUT2D eigenvalue weighted by atomic mass is 32.2. The molecule has 1 aromatic carbocycles. The van der Waals surface area contributed by atoms with Gasteiger partial charge in [-0.2, -0.15) is 0 Å². The molecule has 0 amide bonds. The summed E-state index contributed by atoms with van der Waals surface area (Å²) in [4.78, 5) is 20.8. The number of thioether (sulfide) groups is 1. The highest BCUT2D eigenvalue weighted by Crippen LogP contribution is 2.26. The molecule has 0 aliphatic heterocycles. The maximum atomic E-state index is 11.8. The van der Waals surface area contributed by atoms with Crippen molar-refractivity contribution in [2.45, 2.75) is 31.2 Å². The molecule has 1 N–H and O–H groups in total. The van der Waals surface area contributed by atoms with Gasteiger partial charge >= 0.3 is 5.97 Å². The minimum absolute atomic E-state index is 0.286. The Labute approximate surface area is 170 Å². The molecule has 2 heterocycles. The molecular formula is C22H26N2O3S. The highest BCUT2D eigenvalue weighted by molar-refractivity contribution is 7.98. The van der Waals surface area contributed by atoms with Crippen molar-refractivity contribution >= 4 is 28.6 Å². The Hall–Kier alpha value is -2.44. The number of pyridine rings is 2. The molecule has 3 rings (SSSR count). The minimum atomic E-state index is -0.446. The number of methoxy groups -OCH3 is 1. The van der Waals surface area contributed by atoms with Gasteiger partial charge in [0.2, 0.25) is 0 Å². The molecular weight excluding hydrogens is 372 g/mol. The Kier molecular flexibility index (Phi) is 7.96. The van der Waals surface area contributed by atoms with Crippen molar-refractivity contribution < 1.29 is 14.6 Å². The normalized spacial score (nSPS) is 10.5. The molecule has 148 valence electrons. The van der Waals surface area contributed by atoms with Crippen LogP contribution >= 0.6 is 11.8 Å². The van der Waals surface area contributed by atoms with Crippen molar-refractivity contribution in [2.75, 3.05) is 20.5 Å². The van der Waals surface area contributed by atoms with E-state index >= 15 is 0 Å². The van der Waals surface area contributed by atoms with E-state index in [0.29, 0.717) is 5.92 Å². The van der Waals surface area contributed by atoms with Gasteiger partial charge in [0.05, 0.1) is 12.6 Å². The van der Waals surface area contributed by atoms with Gasteiger partial charge in [-0.15, -0.1) is 11.8 Å². The van der Waals surface area contributed by atoms with Crippen LogP contribution in [0.1, 0.15) is 46.9 Å². The van der Waals surface area contributed by atoms with Crippen molar-refractivity contribution in [3.05, 3.63) is 65.0 Å². The Morgan fingerprint density at radius 1 is 1.14 bits per heavy atom. The number of aliphatic hydroxyl groups is 1. The highest BCUT2D eigenvalue weighted by Gasteiger charge is 2.13. The number of aliphatic hydroxyl groups excluding tert-OH is 1. The summed E-state index contributed by atoms with van der Waals surface area (Å²) >= 11 is 1.50. The van der Waals surface area contributed by atoms with E-state index in [4.69, 9.17) is 9.84 Å². The van der Waals surface area contributed by atoms with E-state index in [-0.39, 0.29) is 5.69 Å². The Morgan fingerprint density at radius 2 is 1.82 bits per heavy atom. The van der Waals surface area contributed by atoms with Gasteiger partial charge in [-0.1, -0.05) is 38.1 Å². The summed E-state index contributed by atoms with van der Waals surface area (Å²) in [6.07, 6.45) is 4.62. The number of nitrogens with zero attached hydrogens (tertiary/aromatic N) is 2. The molecule has 0 aliphatic rings. The van der Waals surface area contributed by atoms with Crippen LogP contribution in [-0.2, 0) is 11.2 Å². The second-order valence-corrected chi connectivity index (χ2v) is 7.29. The number of carbonyl (C=O) groups excluding carboxylic acids is 1. The number of ether oxygens (including phenoxy) is 1. The lowest BCUT2D eigenvalue weighted by molar-refractivity contribution is 0.0593. The lowest BCUT2D eigenvalue weighted by Gasteiger charge is -2.09. The summed E-state index contributed by atoms with van der Waals surface area (Å²) in [5.41, 5.74) is 4.75. The van der Waals surface area contributed by atoms with Gasteiger partial charge in [-0.3, -0.25) is 4.98 Å². The first-order valence-corrected chi connectivity index (χ1v) is 10.2. The molecule has 0 radical (unpaired) electrons. The number of benzene rings is 1. The smallest absolute Gasteiger partial charge is 0.356 e. The molecule has 3 aromatic rings. The molecule has 5 nitrogen and oxygen atoms in total. The van der Waals surface area contributed by atoms with E-state index in [1.165, 1.54) is 30.0 Å². The Morgan fingerprint density at radius 3 is 2.39 bits per heavy atom. The lowest BCUT2D eigenvalue weighted by Crippen LogP contribution is -2.05. The zero-order valence-corrected chi connectivity index (χ0v) is 17.7. The van der Waals surface area contributed by atoms with Crippen LogP contribution in [-0.4, -0.2) is 41.5 Å². The van der Waals surface area contributed by atoms with Crippen molar-refractivity contribution in [1.29, 1.82) is 0 Å². The van der Waals surface area contributed by atoms with E-state index in [0.717, 1.165) is 35.0 Å². The maximum absolute atomic E-state index is 11.8. The third-order valence-electron chi connectivity index (χ3n) is 4.34. The van der Waals surface area contributed by atoms with Crippen LogP contribution in [0.15, 0.2) is 47.6 Å². The number of hydrogen-bond acceptors (Lipinski definition) is 6. The number of fused-ring (bicyclic) bond motifs is 1. The summed E-state index contributed by atoms with van der Waals surface area (Å²) in [5.74, 6) is 0.0870. The molecule has 28 heavy (non-hydrogen) atoms. The molecule has 0 atom stereocenters. The van der Waals surface area contributed by atoms with Gasteiger partial charge in [-0.05, 0) is 47.4 Å². The molecule has 0 unspecified atom stereocenters. The van der Waals surface area contributed by atoms with Gasteiger partial charge in [0.25, 0.3) is 0 Å². The van der Waals surface area contributed by atoms with E-state index in [2.05, 4.69) is 54.1 Å². The van der Waals surface area contributed by atoms with Crippen molar-refractivity contribution in [3.63, 3.8) is 0 Å². The van der Waals surface area contributed by atoms with Gasteiger partial charge in [0.15, 0.2) is 5.69 Å². The maximum Gasteiger partial charge on any atom is 0.356 e. The van der Waals surface area contributed by atoms with Gasteiger partial charge in [0, 0.05) is 18.7 Å². The molecule has 0 bridgehead atoms. The molecule has 0 fully saturated rings. The summed E-state index contributed by atoms with van der Waals surface area (Å²) in [6, 6.07) is 12.5. The van der Waals surface area contributed by atoms with Crippen LogP contribution < -0.4 is 0 Å². The number of carbonyl (C=O) groups is 1. The van der Waals surface area contributed by atoms with Gasteiger partial charge in [0.1, 0.15) is 5.03 Å². The predicted octanol–water partition coefficient (Wildman–Crippen LogP) is 4.46. The molecule has 2 aromatic heterocycles. The summed E-state index contributed by atoms with van der Waals surface area (Å²) in [7, 11) is 2.36. The van der Waals surface area contributed by atoms with Crippen LogP contribution in [0.4, 0.5) is 0 Å². The summed E-state index contributed by atoms with van der Waals surface area (Å²) in [6.45, 7) is 4.39. The zero-order chi connectivity index (χ0) is 20.7. The predicted molar refractivity (Wildman–Crippen MR) is 114 cm³/mol. The first-order valence-electron chi connectivity index (χ1n) is 8.97. The van der Waals surface area contributed by atoms with Crippen LogP contribution in [0, 0.1) is 0 Å². The van der Waals surface area contributed by atoms with E-state index < -0.39 is 5.97 Å². The summed E-state index contributed by atoms with van der Waals surface area (Å²) in [5, 5.41) is 8.74. The molecule has 0 saturated carbocycles. The largest absolute Gasteiger partial charge is 0.464 e. The molecule has 0 saturated heterocycles.